The Morgan fingerprint density at radius 1 is 0.627 bits per heavy atom. The van der Waals surface area contributed by atoms with Crippen molar-refractivity contribution in [1.29, 1.82) is 0 Å². The maximum absolute atomic E-state index is 4.00. The second kappa shape index (κ2) is 9.79. The molecule has 1 fully saturated rings. The van der Waals surface area contributed by atoms with Crippen LogP contribution in [0.1, 0.15) is 121 Å². The molecule has 5 aromatic rings. The first kappa shape index (κ1) is 31.5. The standard InChI is InChI=1S/C48H51BN2/c1-44(2,3)28-25-36-42-37(26-28)49-40-31(29-18-16-21-34-41(29)50-38-22-13-12-20-33(38)46(34,6)7)27-35-39(30-17-10-11-19-32(30)45(35,4)5)43(40)51(42)48(9)24-15-14-23-47(36,48)8/h10-13,16-22,25-27,49-50H,14-15,23-24H2,1-9H3. The molecule has 3 heteroatoms. The fourth-order valence-corrected chi connectivity index (χ4v) is 11.4. The van der Waals surface area contributed by atoms with Gasteiger partial charge in [-0.1, -0.05) is 146 Å². The molecule has 2 unspecified atom stereocenters. The number of para-hydroxylation sites is 2. The average molecular weight is 667 g/mol. The highest BCUT2D eigenvalue weighted by Crippen LogP contribution is 2.64. The third-order valence-electron chi connectivity index (χ3n) is 14.6. The Morgan fingerprint density at radius 2 is 1.29 bits per heavy atom. The van der Waals surface area contributed by atoms with E-state index >= 15 is 0 Å². The van der Waals surface area contributed by atoms with Crippen molar-refractivity contribution >= 4 is 41.0 Å². The first-order valence-electron chi connectivity index (χ1n) is 19.5. The van der Waals surface area contributed by atoms with Gasteiger partial charge < -0.3 is 10.2 Å². The van der Waals surface area contributed by atoms with Gasteiger partial charge in [0.05, 0.1) is 11.2 Å². The molecule has 2 nitrogen and oxygen atoms in total. The van der Waals surface area contributed by atoms with E-state index in [1.807, 2.05) is 0 Å². The number of hydrogen-bond acceptors (Lipinski definition) is 2. The first-order chi connectivity index (χ1) is 24.2. The zero-order valence-electron chi connectivity index (χ0n) is 32.1. The number of benzene rings is 5. The molecule has 3 heterocycles. The van der Waals surface area contributed by atoms with Crippen LogP contribution in [0.2, 0.25) is 0 Å². The number of hydrogen-bond donors (Lipinski definition) is 1. The third-order valence-corrected chi connectivity index (χ3v) is 14.6. The summed E-state index contributed by atoms with van der Waals surface area (Å²) in [4.78, 5) is 2.94. The van der Waals surface area contributed by atoms with Crippen molar-refractivity contribution < 1.29 is 0 Å². The van der Waals surface area contributed by atoms with Gasteiger partial charge in [0.25, 0.3) is 0 Å². The summed E-state index contributed by atoms with van der Waals surface area (Å²) in [5, 5.41) is 4.00. The van der Waals surface area contributed by atoms with Gasteiger partial charge in [-0.3, -0.25) is 0 Å². The van der Waals surface area contributed by atoms with Gasteiger partial charge in [0.15, 0.2) is 7.28 Å². The van der Waals surface area contributed by atoms with E-state index in [2.05, 4.69) is 157 Å². The van der Waals surface area contributed by atoms with Gasteiger partial charge >= 0.3 is 0 Å². The number of rotatable bonds is 1. The van der Waals surface area contributed by atoms with E-state index in [-0.39, 0.29) is 27.2 Å². The first-order valence-corrected chi connectivity index (χ1v) is 19.5. The molecular weight excluding hydrogens is 615 g/mol. The van der Waals surface area contributed by atoms with E-state index in [9.17, 15) is 0 Å². The van der Waals surface area contributed by atoms with Crippen LogP contribution in [0.5, 0.6) is 0 Å². The molecule has 5 aromatic carbocycles. The summed E-state index contributed by atoms with van der Waals surface area (Å²) in [6, 6.07) is 33.1. The Labute approximate surface area is 305 Å². The summed E-state index contributed by atoms with van der Waals surface area (Å²) < 4.78 is 0. The molecule has 2 atom stereocenters. The predicted octanol–water partition coefficient (Wildman–Crippen LogP) is 10.8. The number of nitrogens with one attached hydrogen (secondary N) is 1. The van der Waals surface area contributed by atoms with Crippen LogP contribution in [0.3, 0.4) is 0 Å². The van der Waals surface area contributed by atoms with Crippen LogP contribution >= 0.6 is 0 Å². The van der Waals surface area contributed by atoms with Gasteiger partial charge in [-0.05, 0) is 87.3 Å². The largest absolute Gasteiger partial charge is 0.355 e. The fourth-order valence-electron chi connectivity index (χ4n) is 11.4. The molecule has 0 saturated heterocycles. The summed E-state index contributed by atoms with van der Waals surface area (Å²) in [7, 11) is 0.944. The highest BCUT2D eigenvalue weighted by atomic mass is 15.3. The van der Waals surface area contributed by atoms with Crippen molar-refractivity contribution in [3.05, 3.63) is 118 Å². The average Bonchev–Trinajstić information content (AvgIpc) is 3.46. The molecule has 0 amide bonds. The lowest BCUT2D eigenvalue weighted by Gasteiger charge is -2.52. The van der Waals surface area contributed by atoms with E-state index in [0.29, 0.717) is 0 Å². The molecule has 51 heavy (non-hydrogen) atoms. The fraction of sp³-hybridized carbons (Fsp3) is 0.375. The second-order valence-electron chi connectivity index (χ2n) is 19.0. The van der Waals surface area contributed by atoms with E-state index in [1.165, 1.54) is 109 Å². The third kappa shape index (κ3) is 3.81. The van der Waals surface area contributed by atoms with Crippen LogP contribution in [0.25, 0.3) is 22.3 Å². The maximum atomic E-state index is 4.00. The molecule has 0 spiro atoms. The smallest absolute Gasteiger partial charge is 0.198 e. The van der Waals surface area contributed by atoms with Gasteiger partial charge in [-0.15, -0.1) is 0 Å². The minimum atomic E-state index is -0.116. The molecule has 3 aliphatic heterocycles. The van der Waals surface area contributed by atoms with Gasteiger partial charge in [-0.2, -0.15) is 0 Å². The number of nitrogens with zero attached hydrogens (tertiary/aromatic N) is 1. The van der Waals surface area contributed by atoms with Crippen LogP contribution in [-0.2, 0) is 21.7 Å². The molecule has 1 N–H and O–H groups in total. The van der Waals surface area contributed by atoms with Crippen molar-refractivity contribution in [1.82, 2.24) is 0 Å². The molecule has 0 bridgehead atoms. The van der Waals surface area contributed by atoms with Crippen LogP contribution < -0.4 is 21.1 Å². The minimum absolute atomic E-state index is 0.0165. The molecule has 10 rings (SSSR count). The predicted molar refractivity (Wildman–Crippen MR) is 219 cm³/mol. The SMILES string of the molecule is CC(C)(C)c1cc2c3c(c1)C1(C)CCCCC1(C)N3c1c(c(-c3cccc4c3Nc3ccccc3C4(C)C)cc3c1-c1ccccc1C3(C)C)B2. The summed E-state index contributed by atoms with van der Waals surface area (Å²) in [6.07, 6.45) is 5.03. The molecule has 0 aromatic heterocycles. The summed E-state index contributed by atoms with van der Waals surface area (Å²) >= 11 is 0. The van der Waals surface area contributed by atoms with Crippen LogP contribution in [0.15, 0.2) is 84.9 Å². The van der Waals surface area contributed by atoms with Crippen molar-refractivity contribution in [2.24, 2.45) is 0 Å². The van der Waals surface area contributed by atoms with E-state index in [0.717, 1.165) is 7.28 Å². The highest BCUT2D eigenvalue weighted by molar-refractivity contribution is 6.73. The molecule has 256 valence electrons. The van der Waals surface area contributed by atoms with Crippen molar-refractivity contribution in [3.8, 4) is 22.3 Å². The van der Waals surface area contributed by atoms with Crippen molar-refractivity contribution in [3.63, 3.8) is 0 Å². The lowest BCUT2D eigenvalue weighted by atomic mass is 9.56. The van der Waals surface area contributed by atoms with E-state index in [1.54, 1.807) is 5.56 Å². The quantitative estimate of drug-likeness (QED) is 0.179. The molecular formula is C48H51BN2. The Morgan fingerprint density at radius 3 is 2.08 bits per heavy atom. The highest BCUT2D eigenvalue weighted by Gasteiger charge is 2.60. The van der Waals surface area contributed by atoms with Gasteiger partial charge in [0, 0.05) is 44.4 Å². The minimum Gasteiger partial charge on any atom is -0.355 e. The zero-order chi connectivity index (χ0) is 35.5. The summed E-state index contributed by atoms with van der Waals surface area (Å²) in [5.41, 5.74) is 22.8. The van der Waals surface area contributed by atoms with Gasteiger partial charge in [-0.25, -0.2) is 0 Å². The van der Waals surface area contributed by atoms with Crippen LogP contribution in [-0.4, -0.2) is 12.8 Å². The monoisotopic (exact) mass is 666 g/mol. The zero-order valence-corrected chi connectivity index (χ0v) is 32.1. The van der Waals surface area contributed by atoms with Crippen LogP contribution in [0.4, 0.5) is 22.7 Å². The van der Waals surface area contributed by atoms with Crippen molar-refractivity contribution in [2.45, 2.75) is 115 Å². The van der Waals surface area contributed by atoms with Crippen molar-refractivity contribution in [2.75, 3.05) is 10.2 Å². The normalized spacial score (nSPS) is 23.8. The van der Waals surface area contributed by atoms with Crippen LogP contribution in [0, 0.1) is 0 Å². The Hall–Kier alpha value is -4.24. The second-order valence-corrected chi connectivity index (χ2v) is 19.0. The van der Waals surface area contributed by atoms with E-state index < -0.39 is 0 Å². The Kier molecular flexibility index (Phi) is 6.05. The summed E-state index contributed by atoms with van der Waals surface area (Å²) in [5.74, 6) is 0. The molecule has 0 radical (unpaired) electrons. The summed E-state index contributed by atoms with van der Waals surface area (Å²) in [6.45, 7) is 22.1. The lowest BCUT2D eigenvalue weighted by molar-refractivity contribution is 0.195. The number of anilines is 4. The maximum Gasteiger partial charge on any atom is 0.198 e. The van der Waals surface area contributed by atoms with Gasteiger partial charge in [0.1, 0.15) is 0 Å². The molecule has 1 saturated carbocycles. The molecule has 5 aliphatic rings. The molecule has 2 aliphatic carbocycles. The topological polar surface area (TPSA) is 15.3 Å². The lowest BCUT2D eigenvalue weighted by Crippen LogP contribution is -2.57. The van der Waals surface area contributed by atoms with E-state index in [4.69, 9.17) is 0 Å². The van der Waals surface area contributed by atoms with Gasteiger partial charge in [0.2, 0.25) is 0 Å². The number of fused-ring (bicyclic) bond motifs is 11. The Bertz CT molecular complexity index is 2350. The Balaban J connectivity index is 1.34.